The Balaban J connectivity index is 2.73. The minimum absolute atomic E-state index is 0.132. The lowest BCUT2D eigenvalue weighted by molar-refractivity contribution is -0.133. The smallest absolute Gasteiger partial charge is 0.408 e. The molecule has 1 aliphatic carbocycles. The SMILES string of the molecule is CC(C)(C)OC(=O)NC1CC(C(=O)O)=CCC1(F)F. The number of allylic oxidation sites excluding steroid dienone is 1. The predicted octanol–water partition coefficient (Wildman–Crippen LogP) is 2.32. The van der Waals surface area contributed by atoms with Gasteiger partial charge < -0.3 is 15.2 Å². The van der Waals surface area contributed by atoms with Crippen LogP contribution in [0.5, 0.6) is 0 Å². The molecule has 2 N–H and O–H groups in total. The van der Waals surface area contributed by atoms with Gasteiger partial charge in [-0.1, -0.05) is 6.08 Å². The third-order valence-corrected chi connectivity index (χ3v) is 2.52. The molecular weight excluding hydrogens is 260 g/mol. The molecule has 0 bridgehead atoms. The normalized spacial score (nSPS) is 22.4. The summed E-state index contributed by atoms with van der Waals surface area (Å²) in [5.41, 5.74) is -0.938. The summed E-state index contributed by atoms with van der Waals surface area (Å²) in [6.07, 6.45) is -1.14. The first-order valence-corrected chi connectivity index (χ1v) is 5.81. The number of hydrogen-bond acceptors (Lipinski definition) is 3. The van der Waals surface area contributed by atoms with E-state index in [1.54, 1.807) is 20.8 Å². The fourth-order valence-corrected chi connectivity index (χ4v) is 1.64. The van der Waals surface area contributed by atoms with Gasteiger partial charge in [-0.05, 0) is 20.8 Å². The van der Waals surface area contributed by atoms with E-state index < -0.39 is 42.5 Å². The summed E-state index contributed by atoms with van der Waals surface area (Å²) in [6, 6.07) is -1.57. The Hall–Kier alpha value is -1.66. The second-order valence-corrected chi connectivity index (χ2v) is 5.40. The molecule has 0 aromatic carbocycles. The number of hydrogen-bond donors (Lipinski definition) is 2. The van der Waals surface area contributed by atoms with Gasteiger partial charge in [0.2, 0.25) is 0 Å². The Kier molecular flexibility index (Phi) is 4.17. The van der Waals surface area contributed by atoms with Gasteiger partial charge in [-0.25, -0.2) is 18.4 Å². The molecule has 1 aliphatic rings. The topological polar surface area (TPSA) is 75.6 Å². The molecule has 5 nitrogen and oxygen atoms in total. The molecule has 0 saturated heterocycles. The van der Waals surface area contributed by atoms with E-state index in [1.165, 1.54) is 0 Å². The van der Waals surface area contributed by atoms with E-state index in [0.29, 0.717) is 0 Å². The molecule has 0 saturated carbocycles. The van der Waals surface area contributed by atoms with Crippen molar-refractivity contribution >= 4 is 12.1 Å². The number of aliphatic carboxylic acids is 1. The molecule has 0 radical (unpaired) electrons. The molecule has 19 heavy (non-hydrogen) atoms. The molecular formula is C12H17F2NO4. The van der Waals surface area contributed by atoms with Crippen LogP contribution in [0.2, 0.25) is 0 Å². The highest BCUT2D eigenvalue weighted by atomic mass is 19.3. The van der Waals surface area contributed by atoms with Gasteiger partial charge in [0, 0.05) is 18.4 Å². The third-order valence-electron chi connectivity index (χ3n) is 2.52. The highest BCUT2D eigenvalue weighted by Gasteiger charge is 2.44. The zero-order chi connectivity index (χ0) is 14.8. The Labute approximate surface area is 109 Å². The molecule has 0 aliphatic heterocycles. The van der Waals surface area contributed by atoms with Crippen LogP contribution in [0.15, 0.2) is 11.6 Å². The van der Waals surface area contributed by atoms with Crippen molar-refractivity contribution in [2.75, 3.05) is 0 Å². The number of carboxylic acid groups (broad SMARTS) is 1. The number of nitrogens with one attached hydrogen (secondary N) is 1. The average molecular weight is 277 g/mol. The Morgan fingerprint density at radius 3 is 2.53 bits per heavy atom. The fraction of sp³-hybridized carbons (Fsp3) is 0.667. The zero-order valence-electron chi connectivity index (χ0n) is 11.0. The van der Waals surface area contributed by atoms with Crippen LogP contribution < -0.4 is 5.32 Å². The number of carbonyl (C=O) groups excluding carboxylic acids is 1. The summed E-state index contributed by atoms with van der Waals surface area (Å²) < 4.78 is 32.1. The third kappa shape index (κ3) is 4.50. The van der Waals surface area contributed by atoms with E-state index in [2.05, 4.69) is 0 Å². The molecule has 0 heterocycles. The molecule has 1 atom stereocenters. The summed E-state index contributed by atoms with van der Waals surface area (Å²) in [6.45, 7) is 4.82. The first-order valence-electron chi connectivity index (χ1n) is 5.81. The molecule has 0 aromatic rings. The van der Waals surface area contributed by atoms with Gasteiger partial charge in [0.15, 0.2) is 0 Å². The lowest BCUT2D eigenvalue weighted by Crippen LogP contribution is -2.50. The second kappa shape index (κ2) is 5.14. The number of alkyl carbamates (subject to hydrolysis) is 1. The van der Waals surface area contributed by atoms with Crippen LogP contribution in [0, 0.1) is 0 Å². The number of ether oxygens (including phenoxy) is 1. The summed E-state index contributed by atoms with van der Waals surface area (Å²) in [5.74, 6) is -4.44. The van der Waals surface area contributed by atoms with Crippen molar-refractivity contribution in [2.24, 2.45) is 0 Å². The summed E-state index contributed by atoms with van der Waals surface area (Å²) in [4.78, 5) is 22.2. The zero-order valence-corrected chi connectivity index (χ0v) is 11.0. The monoisotopic (exact) mass is 277 g/mol. The maximum Gasteiger partial charge on any atom is 0.408 e. The van der Waals surface area contributed by atoms with Crippen molar-refractivity contribution in [1.82, 2.24) is 5.32 Å². The Bertz CT molecular complexity index is 412. The van der Waals surface area contributed by atoms with E-state index in [4.69, 9.17) is 9.84 Å². The van der Waals surface area contributed by atoms with Gasteiger partial charge in [0.05, 0.1) is 0 Å². The van der Waals surface area contributed by atoms with E-state index in [9.17, 15) is 18.4 Å². The van der Waals surface area contributed by atoms with Crippen LogP contribution in [-0.4, -0.2) is 34.7 Å². The molecule has 7 heteroatoms. The molecule has 0 aromatic heterocycles. The van der Waals surface area contributed by atoms with Gasteiger partial charge in [0.1, 0.15) is 11.6 Å². The summed E-state index contributed by atoms with van der Waals surface area (Å²) >= 11 is 0. The van der Waals surface area contributed by atoms with Crippen molar-refractivity contribution in [3.63, 3.8) is 0 Å². The first-order chi connectivity index (χ1) is 8.51. The van der Waals surface area contributed by atoms with Gasteiger partial charge in [-0.3, -0.25) is 0 Å². The number of carboxylic acids is 1. The number of carbonyl (C=O) groups is 2. The van der Waals surface area contributed by atoms with Crippen molar-refractivity contribution < 1.29 is 28.2 Å². The second-order valence-electron chi connectivity index (χ2n) is 5.40. The van der Waals surface area contributed by atoms with Crippen molar-refractivity contribution in [3.05, 3.63) is 11.6 Å². The van der Waals surface area contributed by atoms with Crippen molar-refractivity contribution in [1.29, 1.82) is 0 Å². The lowest BCUT2D eigenvalue weighted by Gasteiger charge is -2.31. The summed E-state index contributed by atoms with van der Waals surface area (Å²) in [5, 5.41) is 10.8. The van der Waals surface area contributed by atoms with E-state index >= 15 is 0 Å². The number of amides is 1. The van der Waals surface area contributed by atoms with Crippen LogP contribution in [0.4, 0.5) is 13.6 Å². The lowest BCUT2D eigenvalue weighted by atomic mass is 9.91. The minimum atomic E-state index is -3.18. The van der Waals surface area contributed by atoms with Crippen LogP contribution in [-0.2, 0) is 9.53 Å². The van der Waals surface area contributed by atoms with E-state index in [1.807, 2.05) is 5.32 Å². The fourth-order valence-electron chi connectivity index (χ4n) is 1.64. The number of alkyl halides is 2. The Morgan fingerprint density at radius 1 is 1.47 bits per heavy atom. The Morgan fingerprint density at radius 2 is 2.05 bits per heavy atom. The van der Waals surface area contributed by atoms with Crippen LogP contribution >= 0.6 is 0 Å². The molecule has 0 spiro atoms. The molecule has 1 unspecified atom stereocenters. The van der Waals surface area contributed by atoms with Crippen LogP contribution in [0.1, 0.15) is 33.6 Å². The molecule has 1 amide bonds. The van der Waals surface area contributed by atoms with Crippen LogP contribution in [0.3, 0.4) is 0 Å². The van der Waals surface area contributed by atoms with Crippen molar-refractivity contribution in [3.8, 4) is 0 Å². The van der Waals surface area contributed by atoms with Gasteiger partial charge in [-0.15, -0.1) is 0 Å². The van der Waals surface area contributed by atoms with E-state index in [-0.39, 0.29) is 5.57 Å². The van der Waals surface area contributed by atoms with Crippen LogP contribution in [0.25, 0.3) is 0 Å². The first kappa shape index (κ1) is 15.4. The van der Waals surface area contributed by atoms with Gasteiger partial charge in [-0.2, -0.15) is 0 Å². The molecule has 0 fully saturated rings. The number of rotatable bonds is 2. The number of halogens is 2. The highest BCUT2D eigenvalue weighted by molar-refractivity contribution is 5.87. The van der Waals surface area contributed by atoms with Gasteiger partial charge >= 0.3 is 12.1 Å². The van der Waals surface area contributed by atoms with Crippen molar-refractivity contribution in [2.45, 2.75) is 51.2 Å². The maximum absolute atomic E-state index is 13.6. The van der Waals surface area contributed by atoms with E-state index in [0.717, 1.165) is 6.08 Å². The quantitative estimate of drug-likeness (QED) is 0.812. The molecule has 1 rings (SSSR count). The highest BCUT2D eigenvalue weighted by Crippen LogP contribution is 2.33. The van der Waals surface area contributed by atoms with Gasteiger partial charge in [0.25, 0.3) is 5.92 Å². The predicted molar refractivity (Wildman–Crippen MR) is 63.1 cm³/mol. The molecule has 108 valence electrons. The average Bonchev–Trinajstić information content (AvgIpc) is 2.17. The maximum atomic E-state index is 13.6. The standard InChI is InChI=1S/C12H17F2NO4/c1-11(2,3)19-10(18)15-8-6-7(9(16)17)4-5-12(8,13)14/h4,8H,5-6H2,1-3H3,(H,15,18)(H,16,17). The largest absolute Gasteiger partial charge is 0.478 e. The summed E-state index contributed by atoms with van der Waals surface area (Å²) in [7, 11) is 0. The minimum Gasteiger partial charge on any atom is -0.478 e.